The zero-order chi connectivity index (χ0) is 11.1. The molecule has 3 nitrogen and oxygen atoms in total. The van der Waals surface area contributed by atoms with Crippen molar-refractivity contribution in [2.24, 2.45) is 11.7 Å². The van der Waals surface area contributed by atoms with Crippen LogP contribution in [0.25, 0.3) is 0 Å². The van der Waals surface area contributed by atoms with E-state index in [1.54, 1.807) is 0 Å². The van der Waals surface area contributed by atoms with E-state index >= 15 is 0 Å². The summed E-state index contributed by atoms with van der Waals surface area (Å²) >= 11 is 0. The number of nitrogens with one attached hydrogen (secondary N) is 1. The third kappa shape index (κ3) is 6.33. The molecule has 1 fully saturated rings. The van der Waals surface area contributed by atoms with Crippen LogP contribution in [0.1, 0.15) is 51.9 Å². The van der Waals surface area contributed by atoms with Gasteiger partial charge in [0.25, 0.3) is 0 Å². The molecule has 1 amide bonds. The predicted octanol–water partition coefficient (Wildman–Crippen LogP) is 2.23. The SMILES string of the molecule is C[C@@H](CN)NC(=O)CCCC1CCCC1.Cl. The van der Waals surface area contributed by atoms with Gasteiger partial charge in [-0.05, 0) is 25.7 Å². The Morgan fingerprint density at radius 1 is 1.44 bits per heavy atom. The molecule has 96 valence electrons. The number of carbonyl (C=O) groups excluding carboxylic acids is 1. The number of hydrogen-bond donors (Lipinski definition) is 2. The molecule has 1 aliphatic rings. The molecule has 0 aromatic carbocycles. The fourth-order valence-electron chi connectivity index (χ4n) is 2.26. The Kier molecular flexibility index (Phi) is 8.67. The maximum absolute atomic E-state index is 11.4. The largest absolute Gasteiger partial charge is 0.352 e. The van der Waals surface area contributed by atoms with Crippen molar-refractivity contribution in [3.05, 3.63) is 0 Å². The van der Waals surface area contributed by atoms with E-state index in [0.29, 0.717) is 13.0 Å². The van der Waals surface area contributed by atoms with Crippen LogP contribution in [0.4, 0.5) is 0 Å². The van der Waals surface area contributed by atoms with Gasteiger partial charge >= 0.3 is 0 Å². The third-order valence-electron chi connectivity index (χ3n) is 3.25. The fourth-order valence-corrected chi connectivity index (χ4v) is 2.26. The summed E-state index contributed by atoms with van der Waals surface area (Å²) < 4.78 is 0. The number of rotatable bonds is 6. The molecule has 0 saturated heterocycles. The van der Waals surface area contributed by atoms with Crippen molar-refractivity contribution in [1.82, 2.24) is 5.32 Å². The van der Waals surface area contributed by atoms with E-state index in [0.717, 1.165) is 12.3 Å². The van der Waals surface area contributed by atoms with Crippen LogP contribution in [-0.2, 0) is 4.79 Å². The summed E-state index contributed by atoms with van der Waals surface area (Å²) in [5.41, 5.74) is 5.43. The van der Waals surface area contributed by atoms with Gasteiger partial charge < -0.3 is 11.1 Å². The minimum Gasteiger partial charge on any atom is -0.352 e. The normalized spacial score (nSPS) is 17.9. The minimum atomic E-state index is 0. The standard InChI is InChI=1S/C12H24N2O.ClH/c1-10(9-13)14-12(15)8-4-7-11-5-2-3-6-11;/h10-11H,2-9,13H2,1H3,(H,14,15);1H/t10-;/m0./s1. The quantitative estimate of drug-likeness (QED) is 0.758. The van der Waals surface area contributed by atoms with E-state index < -0.39 is 0 Å². The molecule has 1 atom stereocenters. The van der Waals surface area contributed by atoms with E-state index in [4.69, 9.17) is 5.73 Å². The molecule has 0 bridgehead atoms. The monoisotopic (exact) mass is 248 g/mol. The zero-order valence-corrected chi connectivity index (χ0v) is 11.0. The van der Waals surface area contributed by atoms with E-state index in [1.165, 1.54) is 32.1 Å². The second-order valence-electron chi connectivity index (χ2n) is 4.75. The molecular weight excluding hydrogens is 224 g/mol. The van der Waals surface area contributed by atoms with Gasteiger partial charge in [-0.15, -0.1) is 12.4 Å². The van der Waals surface area contributed by atoms with Crippen molar-refractivity contribution in [2.45, 2.75) is 57.9 Å². The van der Waals surface area contributed by atoms with Crippen LogP contribution in [0.5, 0.6) is 0 Å². The Balaban J connectivity index is 0.00000225. The molecule has 16 heavy (non-hydrogen) atoms. The van der Waals surface area contributed by atoms with Crippen LogP contribution in [0.2, 0.25) is 0 Å². The van der Waals surface area contributed by atoms with Gasteiger partial charge in [-0.25, -0.2) is 0 Å². The first-order valence-corrected chi connectivity index (χ1v) is 6.21. The average Bonchev–Trinajstić information content (AvgIpc) is 2.70. The Morgan fingerprint density at radius 2 is 2.06 bits per heavy atom. The lowest BCUT2D eigenvalue weighted by Gasteiger charge is -2.12. The molecule has 1 aliphatic carbocycles. The maximum Gasteiger partial charge on any atom is 0.220 e. The van der Waals surface area contributed by atoms with Crippen LogP contribution < -0.4 is 11.1 Å². The summed E-state index contributed by atoms with van der Waals surface area (Å²) in [5.74, 6) is 1.05. The number of nitrogens with two attached hydrogens (primary N) is 1. The Bertz CT molecular complexity index is 193. The van der Waals surface area contributed by atoms with Crippen molar-refractivity contribution in [1.29, 1.82) is 0 Å². The molecule has 0 unspecified atom stereocenters. The fraction of sp³-hybridized carbons (Fsp3) is 0.917. The zero-order valence-electron chi connectivity index (χ0n) is 10.2. The summed E-state index contributed by atoms with van der Waals surface area (Å²) in [5, 5.41) is 2.89. The highest BCUT2D eigenvalue weighted by Crippen LogP contribution is 2.28. The van der Waals surface area contributed by atoms with Gasteiger partial charge in [0.05, 0.1) is 0 Å². The van der Waals surface area contributed by atoms with Gasteiger partial charge in [0, 0.05) is 19.0 Å². The summed E-state index contributed by atoms with van der Waals surface area (Å²) in [6, 6.07) is 0.115. The first kappa shape index (κ1) is 15.7. The number of halogens is 1. The highest BCUT2D eigenvalue weighted by molar-refractivity contribution is 5.85. The van der Waals surface area contributed by atoms with Gasteiger partial charge in [0.2, 0.25) is 5.91 Å². The second kappa shape index (κ2) is 8.82. The first-order valence-electron chi connectivity index (χ1n) is 6.21. The number of hydrogen-bond acceptors (Lipinski definition) is 2. The third-order valence-corrected chi connectivity index (χ3v) is 3.25. The lowest BCUT2D eigenvalue weighted by atomic mass is 10.0. The Labute approximate surface area is 105 Å². The van der Waals surface area contributed by atoms with E-state index in [9.17, 15) is 4.79 Å². The summed E-state index contributed by atoms with van der Waals surface area (Å²) in [7, 11) is 0. The van der Waals surface area contributed by atoms with Crippen LogP contribution in [0, 0.1) is 5.92 Å². The summed E-state index contributed by atoms with van der Waals surface area (Å²) in [4.78, 5) is 11.4. The smallest absolute Gasteiger partial charge is 0.220 e. The first-order chi connectivity index (χ1) is 7.22. The Morgan fingerprint density at radius 3 is 2.62 bits per heavy atom. The van der Waals surface area contributed by atoms with E-state index in [2.05, 4.69) is 5.32 Å². The van der Waals surface area contributed by atoms with Crippen LogP contribution in [-0.4, -0.2) is 18.5 Å². The lowest BCUT2D eigenvalue weighted by molar-refractivity contribution is -0.121. The molecule has 0 aromatic heterocycles. The Hall–Kier alpha value is -0.280. The van der Waals surface area contributed by atoms with Crippen molar-refractivity contribution < 1.29 is 4.79 Å². The highest BCUT2D eigenvalue weighted by atomic mass is 35.5. The molecule has 0 aromatic rings. The minimum absolute atomic E-state index is 0. The van der Waals surface area contributed by atoms with E-state index in [1.807, 2.05) is 6.92 Å². The summed E-state index contributed by atoms with van der Waals surface area (Å²) in [6.07, 6.45) is 8.46. The second-order valence-corrected chi connectivity index (χ2v) is 4.75. The van der Waals surface area contributed by atoms with Gasteiger partial charge in [0.15, 0.2) is 0 Å². The van der Waals surface area contributed by atoms with Crippen LogP contribution in [0.15, 0.2) is 0 Å². The molecule has 0 heterocycles. The van der Waals surface area contributed by atoms with Crippen LogP contribution in [0.3, 0.4) is 0 Å². The lowest BCUT2D eigenvalue weighted by Crippen LogP contribution is -2.37. The number of carbonyl (C=O) groups is 1. The van der Waals surface area contributed by atoms with Crippen molar-refractivity contribution in [3.63, 3.8) is 0 Å². The molecule has 4 heteroatoms. The summed E-state index contributed by atoms with van der Waals surface area (Å²) in [6.45, 7) is 2.46. The molecule has 1 rings (SSSR count). The topological polar surface area (TPSA) is 55.1 Å². The highest BCUT2D eigenvalue weighted by Gasteiger charge is 2.15. The van der Waals surface area contributed by atoms with Gasteiger partial charge in [-0.2, -0.15) is 0 Å². The maximum atomic E-state index is 11.4. The number of amides is 1. The molecule has 0 radical (unpaired) electrons. The van der Waals surface area contributed by atoms with Crippen LogP contribution >= 0.6 is 12.4 Å². The van der Waals surface area contributed by atoms with Gasteiger partial charge in [0.1, 0.15) is 0 Å². The molecule has 3 N–H and O–H groups in total. The molecule has 1 saturated carbocycles. The predicted molar refractivity (Wildman–Crippen MR) is 69.7 cm³/mol. The molecule has 0 spiro atoms. The van der Waals surface area contributed by atoms with Gasteiger partial charge in [-0.1, -0.05) is 25.7 Å². The van der Waals surface area contributed by atoms with Crippen molar-refractivity contribution >= 4 is 18.3 Å². The van der Waals surface area contributed by atoms with Crippen molar-refractivity contribution in [2.75, 3.05) is 6.54 Å². The van der Waals surface area contributed by atoms with Gasteiger partial charge in [-0.3, -0.25) is 4.79 Å². The molecular formula is C12H25ClN2O. The van der Waals surface area contributed by atoms with E-state index in [-0.39, 0.29) is 24.4 Å². The van der Waals surface area contributed by atoms with Crippen molar-refractivity contribution in [3.8, 4) is 0 Å². The molecule has 0 aliphatic heterocycles. The average molecular weight is 249 g/mol.